The van der Waals surface area contributed by atoms with Crippen LogP contribution in [0.4, 0.5) is 0 Å². The van der Waals surface area contributed by atoms with Crippen LogP contribution in [0.15, 0.2) is 56.5 Å². The van der Waals surface area contributed by atoms with Gasteiger partial charge in [-0.25, -0.2) is 0 Å². The van der Waals surface area contributed by atoms with Gasteiger partial charge < -0.3 is 15.1 Å². The maximum atomic E-state index is 5.32. The molecule has 0 spiro atoms. The molecule has 0 saturated heterocycles. The smallest absolute Gasteiger partial charge is 0.191 e. The minimum Gasteiger partial charge on any atom is -0.467 e. The summed E-state index contributed by atoms with van der Waals surface area (Å²) in [5, 5.41) is 6.71. The molecular weight excluding hydrogens is 342 g/mol. The maximum Gasteiger partial charge on any atom is 0.191 e. The number of aliphatic imine (C=N–C) groups is 1. The molecule has 0 radical (unpaired) electrons. The molecule has 1 aromatic carbocycles. The lowest BCUT2D eigenvalue weighted by molar-refractivity contribution is 0.501. The Kier molecular flexibility index (Phi) is 4.52. The summed E-state index contributed by atoms with van der Waals surface area (Å²) in [7, 11) is 1.79. The molecule has 1 aliphatic rings. The zero-order valence-corrected chi connectivity index (χ0v) is 14.2. The average molecular weight is 362 g/mol. The van der Waals surface area contributed by atoms with E-state index in [0.717, 1.165) is 22.7 Å². The fraction of sp³-hybridized carbons (Fsp3) is 0.353. The summed E-state index contributed by atoms with van der Waals surface area (Å²) < 4.78 is 6.45. The molecule has 116 valence electrons. The Balaban J connectivity index is 1.56. The number of guanidine groups is 1. The molecule has 5 heteroatoms. The monoisotopic (exact) mass is 361 g/mol. The van der Waals surface area contributed by atoms with Gasteiger partial charge in [0.25, 0.3) is 0 Å². The lowest BCUT2D eigenvalue weighted by atomic mass is 9.96. The molecule has 0 unspecified atom stereocenters. The predicted octanol–water partition coefficient (Wildman–Crippen LogP) is 3.44. The van der Waals surface area contributed by atoms with Gasteiger partial charge in [0.2, 0.25) is 0 Å². The topological polar surface area (TPSA) is 49.6 Å². The van der Waals surface area contributed by atoms with Crippen LogP contribution >= 0.6 is 15.9 Å². The third kappa shape index (κ3) is 3.53. The molecule has 2 N–H and O–H groups in total. The number of benzene rings is 1. The number of hydrogen-bond donors (Lipinski definition) is 2. The highest BCUT2D eigenvalue weighted by molar-refractivity contribution is 9.10. The van der Waals surface area contributed by atoms with Gasteiger partial charge in [0.15, 0.2) is 5.96 Å². The van der Waals surface area contributed by atoms with Gasteiger partial charge in [0.1, 0.15) is 5.76 Å². The van der Waals surface area contributed by atoms with E-state index in [1.54, 1.807) is 13.3 Å². The van der Waals surface area contributed by atoms with Crippen LogP contribution < -0.4 is 10.6 Å². The lowest BCUT2D eigenvalue weighted by Gasteiger charge is -2.19. The number of hydrogen-bond acceptors (Lipinski definition) is 2. The SMILES string of the molecule is CN=C(NCc1ccco1)NCC1(c2cccc(Br)c2)CC1. The van der Waals surface area contributed by atoms with Gasteiger partial charge in [0.05, 0.1) is 12.8 Å². The van der Waals surface area contributed by atoms with Crippen molar-refractivity contribution in [1.82, 2.24) is 10.6 Å². The van der Waals surface area contributed by atoms with Gasteiger partial charge in [-0.2, -0.15) is 0 Å². The molecule has 2 aromatic rings. The standard InChI is InChI=1S/C17H20BrN3O/c1-19-16(20-11-15-6-3-9-22-15)21-12-17(7-8-17)13-4-2-5-14(18)10-13/h2-6,9-10H,7-8,11-12H2,1H3,(H2,19,20,21). The zero-order valence-electron chi connectivity index (χ0n) is 12.6. The lowest BCUT2D eigenvalue weighted by Crippen LogP contribution is -2.40. The highest BCUT2D eigenvalue weighted by atomic mass is 79.9. The minimum atomic E-state index is 0.242. The second-order valence-electron chi connectivity index (χ2n) is 5.65. The summed E-state index contributed by atoms with van der Waals surface area (Å²) in [5.41, 5.74) is 1.63. The maximum absolute atomic E-state index is 5.32. The van der Waals surface area contributed by atoms with Crippen LogP contribution in [-0.2, 0) is 12.0 Å². The van der Waals surface area contributed by atoms with Crippen LogP contribution in [0, 0.1) is 0 Å². The highest BCUT2D eigenvalue weighted by Crippen LogP contribution is 2.48. The van der Waals surface area contributed by atoms with Crippen molar-refractivity contribution in [3.05, 3.63) is 58.5 Å². The first-order chi connectivity index (χ1) is 10.7. The number of halogens is 1. The molecule has 1 aromatic heterocycles. The minimum absolute atomic E-state index is 0.242. The van der Waals surface area contributed by atoms with Gasteiger partial charge in [-0.15, -0.1) is 0 Å². The molecule has 4 nitrogen and oxygen atoms in total. The molecule has 0 aliphatic heterocycles. The molecule has 3 rings (SSSR count). The Morgan fingerprint density at radius 3 is 2.77 bits per heavy atom. The van der Waals surface area contributed by atoms with Crippen molar-refractivity contribution in [2.75, 3.05) is 13.6 Å². The Labute approximate surface area is 139 Å². The van der Waals surface area contributed by atoms with Crippen molar-refractivity contribution < 1.29 is 4.42 Å². The Hall–Kier alpha value is -1.75. The van der Waals surface area contributed by atoms with Crippen molar-refractivity contribution in [2.45, 2.75) is 24.8 Å². The number of nitrogens with zero attached hydrogens (tertiary/aromatic N) is 1. The first kappa shape index (κ1) is 15.2. The van der Waals surface area contributed by atoms with Crippen molar-refractivity contribution >= 4 is 21.9 Å². The van der Waals surface area contributed by atoms with E-state index in [4.69, 9.17) is 4.42 Å². The Morgan fingerprint density at radius 2 is 2.14 bits per heavy atom. The van der Waals surface area contributed by atoms with Crippen LogP contribution in [0.25, 0.3) is 0 Å². The third-order valence-corrected chi connectivity index (χ3v) is 4.61. The van der Waals surface area contributed by atoms with Crippen LogP contribution in [0.2, 0.25) is 0 Å². The van der Waals surface area contributed by atoms with E-state index in [1.807, 2.05) is 12.1 Å². The summed E-state index contributed by atoms with van der Waals surface area (Å²) in [6.45, 7) is 1.53. The van der Waals surface area contributed by atoms with E-state index in [2.05, 4.69) is 55.8 Å². The molecule has 0 atom stereocenters. The summed E-state index contributed by atoms with van der Waals surface area (Å²) in [6, 6.07) is 12.4. The van der Waals surface area contributed by atoms with Crippen molar-refractivity contribution in [2.24, 2.45) is 4.99 Å². The summed E-state index contributed by atoms with van der Waals surface area (Å²) in [4.78, 5) is 4.27. The fourth-order valence-corrected chi connectivity index (χ4v) is 2.99. The van der Waals surface area contributed by atoms with Gasteiger partial charge in [0, 0.05) is 23.5 Å². The van der Waals surface area contributed by atoms with Crippen molar-refractivity contribution in [1.29, 1.82) is 0 Å². The fourth-order valence-electron chi connectivity index (χ4n) is 2.59. The molecule has 0 bridgehead atoms. The van der Waals surface area contributed by atoms with Gasteiger partial charge in [-0.05, 0) is 42.7 Å². The molecule has 1 fully saturated rings. The second-order valence-corrected chi connectivity index (χ2v) is 6.57. The molecule has 1 heterocycles. The molecular formula is C17H20BrN3O. The molecule has 22 heavy (non-hydrogen) atoms. The summed E-state index contributed by atoms with van der Waals surface area (Å²) in [6.07, 6.45) is 4.11. The van der Waals surface area contributed by atoms with Crippen LogP contribution in [-0.4, -0.2) is 19.6 Å². The van der Waals surface area contributed by atoms with Gasteiger partial charge >= 0.3 is 0 Å². The highest BCUT2D eigenvalue weighted by Gasteiger charge is 2.44. The summed E-state index contributed by atoms with van der Waals surface area (Å²) in [5.74, 6) is 1.70. The first-order valence-electron chi connectivity index (χ1n) is 7.45. The largest absolute Gasteiger partial charge is 0.467 e. The predicted molar refractivity (Wildman–Crippen MR) is 92.0 cm³/mol. The van der Waals surface area contributed by atoms with Crippen molar-refractivity contribution in [3.8, 4) is 0 Å². The van der Waals surface area contributed by atoms with E-state index >= 15 is 0 Å². The average Bonchev–Trinajstić information content (AvgIpc) is 3.14. The van der Waals surface area contributed by atoms with E-state index < -0.39 is 0 Å². The van der Waals surface area contributed by atoms with Crippen LogP contribution in [0.3, 0.4) is 0 Å². The van der Waals surface area contributed by atoms with E-state index in [-0.39, 0.29) is 5.41 Å². The third-order valence-electron chi connectivity index (χ3n) is 4.12. The van der Waals surface area contributed by atoms with E-state index in [1.165, 1.54) is 18.4 Å². The quantitative estimate of drug-likeness (QED) is 0.633. The van der Waals surface area contributed by atoms with E-state index in [9.17, 15) is 0 Å². The van der Waals surface area contributed by atoms with Crippen LogP contribution in [0.5, 0.6) is 0 Å². The number of nitrogens with one attached hydrogen (secondary N) is 2. The Bertz CT molecular complexity index is 648. The molecule has 1 aliphatic carbocycles. The second kappa shape index (κ2) is 6.57. The zero-order chi connectivity index (χ0) is 15.4. The van der Waals surface area contributed by atoms with Gasteiger partial charge in [-0.3, -0.25) is 4.99 Å². The molecule has 0 amide bonds. The first-order valence-corrected chi connectivity index (χ1v) is 8.24. The number of rotatable bonds is 5. The number of furan rings is 1. The normalized spacial score (nSPS) is 16.4. The van der Waals surface area contributed by atoms with E-state index in [0.29, 0.717) is 6.54 Å². The molecule has 1 saturated carbocycles. The Morgan fingerprint density at radius 1 is 1.27 bits per heavy atom. The van der Waals surface area contributed by atoms with Crippen LogP contribution in [0.1, 0.15) is 24.2 Å². The van der Waals surface area contributed by atoms with Crippen molar-refractivity contribution in [3.63, 3.8) is 0 Å². The van der Waals surface area contributed by atoms with Gasteiger partial charge in [-0.1, -0.05) is 28.1 Å². The summed E-state index contributed by atoms with van der Waals surface area (Å²) >= 11 is 3.56.